The maximum atomic E-state index is 12.5. The number of carbonyl (C=O) groups is 2. The molecule has 2 aromatic carbocycles. The van der Waals surface area contributed by atoms with E-state index in [0.29, 0.717) is 11.5 Å². The summed E-state index contributed by atoms with van der Waals surface area (Å²) in [7, 11) is 0. The van der Waals surface area contributed by atoms with E-state index < -0.39 is 11.9 Å². The smallest absolute Gasteiger partial charge is 0.340 e. The molecule has 0 radical (unpaired) electrons. The summed E-state index contributed by atoms with van der Waals surface area (Å²) in [5.74, 6) is -0.429. The predicted octanol–water partition coefficient (Wildman–Crippen LogP) is 4.27. The van der Waals surface area contributed by atoms with Crippen molar-refractivity contribution in [2.45, 2.75) is 20.8 Å². The van der Waals surface area contributed by atoms with Crippen LogP contribution >= 0.6 is 0 Å². The van der Waals surface area contributed by atoms with Crippen LogP contribution in [0.15, 0.2) is 54.6 Å². The standard InChI is InChI=1S/C22H22N4O3/c1-4-29-22(28)16-10-5-6-11-17(16)23-21(27)18-12-13-19(26-25-18)24-20-14(2)8-7-9-15(20)3/h5-13H,4H2,1-3H3,(H,23,27)(H,24,26). The maximum Gasteiger partial charge on any atom is 0.340 e. The average Bonchev–Trinajstić information content (AvgIpc) is 2.72. The molecule has 1 heterocycles. The van der Waals surface area contributed by atoms with Gasteiger partial charge in [0.05, 0.1) is 17.9 Å². The molecule has 0 saturated heterocycles. The average molecular weight is 390 g/mol. The van der Waals surface area contributed by atoms with Crippen LogP contribution in [0.1, 0.15) is 38.9 Å². The highest BCUT2D eigenvalue weighted by atomic mass is 16.5. The largest absolute Gasteiger partial charge is 0.462 e. The highest BCUT2D eigenvalue weighted by Gasteiger charge is 2.16. The van der Waals surface area contributed by atoms with E-state index in [1.807, 2.05) is 32.0 Å². The number of aromatic nitrogens is 2. The van der Waals surface area contributed by atoms with Gasteiger partial charge in [-0.25, -0.2) is 4.79 Å². The minimum absolute atomic E-state index is 0.135. The topological polar surface area (TPSA) is 93.2 Å². The number of carbonyl (C=O) groups excluding carboxylic acids is 2. The second kappa shape index (κ2) is 8.97. The Morgan fingerprint density at radius 2 is 1.66 bits per heavy atom. The fourth-order valence-electron chi connectivity index (χ4n) is 2.83. The first-order valence-corrected chi connectivity index (χ1v) is 9.24. The van der Waals surface area contributed by atoms with E-state index in [2.05, 4.69) is 20.8 Å². The van der Waals surface area contributed by atoms with E-state index in [4.69, 9.17) is 4.74 Å². The molecule has 0 unspecified atom stereocenters. The van der Waals surface area contributed by atoms with Gasteiger partial charge in [-0.1, -0.05) is 30.3 Å². The zero-order chi connectivity index (χ0) is 20.8. The van der Waals surface area contributed by atoms with Crippen LogP contribution in [-0.2, 0) is 4.74 Å². The van der Waals surface area contributed by atoms with E-state index in [-0.39, 0.29) is 17.9 Å². The van der Waals surface area contributed by atoms with Gasteiger partial charge in [0.15, 0.2) is 11.5 Å². The number of esters is 1. The summed E-state index contributed by atoms with van der Waals surface area (Å²) in [5.41, 5.74) is 3.91. The van der Waals surface area contributed by atoms with Crippen molar-refractivity contribution in [1.82, 2.24) is 10.2 Å². The second-order valence-electron chi connectivity index (χ2n) is 6.42. The first-order valence-electron chi connectivity index (χ1n) is 9.24. The van der Waals surface area contributed by atoms with Gasteiger partial charge in [-0.2, -0.15) is 0 Å². The van der Waals surface area contributed by atoms with Gasteiger partial charge < -0.3 is 15.4 Å². The van der Waals surface area contributed by atoms with Crippen LogP contribution < -0.4 is 10.6 Å². The minimum Gasteiger partial charge on any atom is -0.462 e. The molecule has 0 aliphatic carbocycles. The fourth-order valence-corrected chi connectivity index (χ4v) is 2.83. The number of rotatable bonds is 6. The zero-order valence-corrected chi connectivity index (χ0v) is 16.5. The predicted molar refractivity (Wildman–Crippen MR) is 112 cm³/mol. The third kappa shape index (κ3) is 4.76. The van der Waals surface area contributed by atoms with E-state index in [9.17, 15) is 9.59 Å². The number of hydrogen-bond donors (Lipinski definition) is 2. The van der Waals surface area contributed by atoms with Crippen molar-refractivity contribution in [2.75, 3.05) is 17.2 Å². The normalized spacial score (nSPS) is 10.3. The van der Waals surface area contributed by atoms with Crippen molar-refractivity contribution in [3.63, 3.8) is 0 Å². The first-order chi connectivity index (χ1) is 14.0. The molecule has 0 aliphatic heterocycles. The number of aryl methyl sites for hydroxylation is 2. The van der Waals surface area contributed by atoms with E-state index >= 15 is 0 Å². The van der Waals surface area contributed by atoms with Crippen molar-refractivity contribution in [2.24, 2.45) is 0 Å². The van der Waals surface area contributed by atoms with Crippen LogP contribution in [0.4, 0.5) is 17.2 Å². The summed E-state index contributed by atoms with van der Waals surface area (Å²) < 4.78 is 5.02. The molecule has 3 rings (SSSR count). The molecule has 2 N–H and O–H groups in total. The molecular weight excluding hydrogens is 368 g/mol. The second-order valence-corrected chi connectivity index (χ2v) is 6.42. The summed E-state index contributed by atoms with van der Waals surface area (Å²) in [6, 6.07) is 15.9. The summed E-state index contributed by atoms with van der Waals surface area (Å²) in [6.07, 6.45) is 0. The van der Waals surface area contributed by atoms with Crippen LogP contribution in [0.5, 0.6) is 0 Å². The van der Waals surface area contributed by atoms with Gasteiger partial charge in [-0.3, -0.25) is 4.79 Å². The highest BCUT2D eigenvalue weighted by Crippen LogP contribution is 2.23. The molecule has 1 amide bonds. The Labute approximate surface area is 169 Å². The molecule has 0 saturated carbocycles. The quantitative estimate of drug-likeness (QED) is 0.611. The Bertz CT molecular complexity index is 1010. The molecule has 7 nitrogen and oxygen atoms in total. The van der Waals surface area contributed by atoms with Crippen molar-refractivity contribution >= 4 is 29.1 Å². The Morgan fingerprint density at radius 1 is 0.931 bits per heavy atom. The lowest BCUT2D eigenvalue weighted by atomic mass is 10.1. The third-order valence-corrected chi connectivity index (χ3v) is 4.30. The highest BCUT2D eigenvalue weighted by molar-refractivity contribution is 6.07. The first kappa shape index (κ1) is 20.0. The molecule has 1 aromatic heterocycles. The van der Waals surface area contributed by atoms with E-state index in [1.165, 1.54) is 0 Å². The molecule has 0 spiro atoms. The number of benzene rings is 2. The number of para-hydroxylation sites is 2. The van der Waals surface area contributed by atoms with Gasteiger partial charge in [-0.05, 0) is 56.2 Å². The third-order valence-electron chi connectivity index (χ3n) is 4.30. The summed E-state index contributed by atoms with van der Waals surface area (Å²) in [4.78, 5) is 24.6. The van der Waals surface area contributed by atoms with Gasteiger partial charge in [0, 0.05) is 5.69 Å². The van der Waals surface area contributed by atoms with Gasteiger partial charge in [-0.15, -0.1) is 10.2 Å². The zero-order valence-electron chi connectivity index (χ0n) is 16.5. The van der Waals surface area contributed by atoms with Crippen LogP contribution in [0.3, 0.4) is 0 Å². The number of hydrogen-bond acceptors (Lipinski definition) is 6. The summed E-state index contributed by atoms with van der Waals surface area (Å²) in [6.45, 7) is 5.99. The lowest BCUT2D eigenvalue weighted by Gasteiger charge is -2.12. The Hall–Kier alpha value is -3.74. The van der Waals surface area contributed by atoms with Gasteiger partial charge in [0.2, 0.25) is 0 Å². The number of nitrogens with zero attached hydrogens (tertiary/aromatic N) is 2. The number of ether oxygens (including phenoxy) is 1. The number of nitrogens with one attached hydrogen (secondary N) is 2. The molecule has 0 fully saturated rings. The monoisotopic (exact) mass is 390 g/mol. The van der Waals surface area contributed by atoms with Crippen LogP contribution in [0.25, 0.3) is 0 Å². The molecular formula is C22H22N4O3. The molecule has 148 valence electrons. The summed E-state index contributed by atoms with van der Waals surface area (Å²) >= 11 is 0. The molecule has 0 bridgehead atoms. The van der Waals surface area contributed by atoms with Crippen molar-refractivity contribution in [3.8, 4) is 0 Å². The van der Waals surface area contributed by atoms with Crippen molar-refractivity contribution in [3.05, 3.63) is 77.0 Å². The molecule has 0 atom stereocenters. The Morgan fingerprint density at radius 3 is 2.31 bits per heavy atom. The SMILES string of the molecule is CCOC(=O)c1ccccc1NC(=O)c1ccc(Nc2c(C)cccc2C)nn1. The molecule has 3 aromatic rings. The molecule has 0 aliphatic rings. The van der Waals surface area contributed by atoms with Crippen molar-refractivity contribution < 1.29 is 14.3 Å². The Kier molecular flexibility index (Phi) is 6.19. The van der Waals surface area contributed by atoms with Gasteiger partial charge in [0.1, 0.15) is 0 Å². The minimum atomic E-state index is -0.498. The molecule has 7 heteroatoms. The Balaban J connectivity index is 1.74. The van der Waals surface area contributed by atoms with Crippen LogP contribution in [-0.4, -0.2) is 28.7 Å². The maximum absolute atomic E-state index is 12.5. The van der Waals surface area contributed by atoms with Gasteiger partial charge >= 0.3 is 5.97 Å². The van der Waals surface area contributed by atoms with Crippen molar-refractivity contribution in [1.29, 1.82) is 0 Å². The number of amides is 1. The lowest BCUT2D eigenvalue weighted by Crippen LogP contribution is -2.17. The fraction of sp³-hybridized carbons (Fsp3) is 0.182. The van der Waals surface area contributed by atoms with E-state index in [1.54, 1.807) is 43.3 Å². The van der Waals surface area contributed by atoms with Crippen LogP contribution in [0, 0.1) is 13.8 Å². The van der Waals surface area contributed by atoms with Gasteiger partial charge in [0.25, 0.3) is 5.91 Å². The van der Waals surface area contributed by atoms with Crippen LogP contribution in [0.2, 0.25) is 0 Å². The lowest BCUT2D eigenvalue weighted by molar-refractivity contribution is 0.0527. The summed E-state index contributed by atoms with van der Waals surface area (Å²) in [5, 5.41) is 14.0. The van der Waals surface area contributed by atoms with E-state index in [0.717, 1.165) is 16.8 Å². The molecule has 29 heavy (non-hydrogen) atoms. The number of anilines is 3.